The lowest BCUT2D eigenvalue weighted by molar-refractivity contribution is -0.119. The molecule has 0 saturated carbocycles. The van der Waals surface area contributed by atoms with Crippen LogP contribution in [0, 0.1) is 0 Å². The van der Waals surface area contributed by atoms with Gasteiger partial charge in [0.2, 0.25) is 5.91 Å². The van der Waals surface area contributed by atoms with Gasteiger partial charge in [-0.1, -0.05) is 24.3 Å². The van der Waals surface area contributed by atoms with Gasteiger partial charge in [0.05, 0.1) is 25.5 Å². The molecule has 5 heteroatoms. The Hall–Kier alpha value is -2.14. The number of nitrogens with one attached hydrogen (secondary N) is 1. The van der Waals surface area contributed by atoms with E-state index >= 15 is 0 Å². The van der Waals surface area contributed by atoms with Gasteiger partial charge in [0.1, 0.15) is 11.5 Å². The van der Waals surface area contributed by atoms with E-state index in [0.29, 0.717) is 12.4 Å². The summed E-state index contributed by atoms with van der Waals surface area (Å²) in [5.74, 6) is 2.07. The number of thioether (sulfide) groups is 1. The Bertz CT molecular complexity index is 689. The Labute approximate surface area is 140 Å². The van der Waals surface area contributed by atoms with Crippen LogP contribution in [0.5, 0.6) is 11.5 Å². The van der Waals surface area contributed by atoms with Crippen LogP contribution in [0.15, 0.2) is 53.4 Å². The molecule has 120 valence electrons. The van der Waals surface area contributed by atoms with Gasteiger partial charge < -0.3 is 14.8 Å². The molecule has 0 radical (unpaired) electrons. The number of carbonyl (C=O) groups excluding carboxylic acids is 1. The highest BCUT2D eigenvalue weighted by Gasteiger charge is 2.22. The second kappa shape index (κ2) is 7.42. The summed E-state index contributed by atoms with van der Waals surface area (Å²) in [6.45, 7) is 0.630. The third-order valence-electron chi connectivity index (χ3n) is 3.70. The minimum atomic E-state index is 0.0263. The number of benzene rings is 2. The molecule has 1 atom stereocenters. The van der Waals surface area contributed by atoms with Crippen LogP contribution in [-0.4, -0.2) is 25.4 Å². The predicted molar refractivity (Wildman–Crippen MR) is 91.2 cm³/mol. The number of hydrogen-bond acceptors (Lipinski definition) is 4. The van der Waals surface area contributed by atoms with Crippen molar-refractivity contribution in [2.75, 3.05) is 19.5 Å². The average Bonchev–Trinajstić information content (AvgIpc) is 2.60. The third kappa shape index (κ3) is 3.99. The van der Waals surface area contributed by atoms with Gasteiger partial charge in [-0.2, -0.15) is 0 Å². The Balaban J connectivity index is 1.58. The smallest absolute Gasteiger partial charge is 0.230 e. The van der Waals surface area contributed by atoms with Crippen molar-refractivity contribution in [1.82, 2.24) is 5.32 Å². The lowest BCUT2D eigenvalue weighted by atomic mass is 10.0. The van der Waals surface area contributed by atoms with E-state index in [0.717, 1.165) is 28.4 Å². The molecule has 2 aromatic rings. The zero-order valence-electron chi connectivity index (χ0n) is 13.0. The maximum Gasteiger partial charge on any atom is 0.230 e. The van der Waals surface area contributed by atoms with Crippen molar-refractivity contribution in [2.24, 2.45) is 0 Å². The van der Waals surface area contributed by atoms with E-state index in [1.165, 1.54) is 11.8 Å². The lowest BCUT2D eigenvalue weighted by Gasteiger charge is -2.26. The monoisotopic (exact) mass is 329 g/mol. The normalized spacial score (nSPS) is 16.1. The third-order valence-corrected chi connectivity index (χ3v) is 4.70. The Morgan fingerprint density at radius 1 is 1.30 bits per heavy atom. The molecule has 1 heterocycles. The number of ether oxygens (including phenoxy) is 2. The highest BCUT2D eigenvalue weighted by atomic mass is 32.2. The zero-order chi connectivity index (χ0) is 16.1. The fourth-order valence-corrected chi connectivity index (χ4v) is 3.32. The van der Waals surface area contributed by atoms with E-state index in [4.69, 9.17) is 9.47 Å². The fourth-order valence-electron chi connectivity index (χ4n) is 2.57. The van der Waals surface area contributed by atoms with Gasteiger partial charge in [-0.15, -0.1) is 11.8 Å². The number of amides is 1. The minimum Gasteiger partial charge on any atom is -0.497 e. The second-order valence-electron chi connectivity index (χ2n) is 5.26. The van der Waals surface area contributed by atoms with E-state index in [2.05, 4.69) is 5.32 Å². The molecule has 0 aromatic heterocycles. The lowest BCUT2D eigenvalue weighted by Crippen LogP contribution is -2.33. The Morgan fingerprint density at radius 3 is 3.04 bits per heavy atom. The highest BCUT2D eigenvalue weighted by Crippen LogP contribution is 2.31. The SMILES string of the molecule is COc1cccc(SCC(=O)NC2CCOc3ccccc32)c1. The van der Waals surface area contributed by atoms with Crippen molar-refractivity contribution in [3.05, 3.63) is 54.1 Å². The molecule has 0 bridgehead atoms. The topological polar surface area (TPSA) is 47.6 Å². The van der Waals surface area contributed by atoms with Gasteiger partial charge in [-0.05, 0) is 24.3 Å². The Morgan fingerprint density at radius 2 is 2.17 bits per heavy atom. The van der Waals surface area contributed by atoms with Gasteiger partial charge in [0, 0.05) is 16.9 Å². The maximum absolute atomic E-state index is 12.2. The van der Waals surface area contributed by atoms with Gasteiger partial charge in [0.25, 0.3) is 0 Å². The van der Waals surface area contributed by atoms with Crippen LogP contribution in [-0.2, 0) is 4.79 Å². The molecule has 1 amide bonds. The largest absolute Gasteiger partial charge is 0.497 e. The molecule has 0 spiro atoms. The van der Waals surface area contributed by atoms with Crippen LogP contribution in [0.25, 0.3) is 0 Å². The molecular weight excluding hydrogens is 310 g/mol. The molecule has 1 N–H and O–H groups in total. The molecule has 0 saturated heterocycles. The molecular formula is C18H19NO3S. The van der Waals surface area contributed by atoms with Crippen LogP contribution < -0.4 is 14.8 Å². The second-order valence-corrected chi connectivity index (χ2v) is 6.31. The molecule has 4 nitrogen and oxygen atoms in total. The van der Waals surface area contributed by atoms with E-state index in [1.54, 1.807) is 7.11 Å². The quantitative estimate of drug-likeness (QED) is 0.854. The Kier molecular flexibility index (Phi) is 5.08. The summed E-state index contributed by atoms with van der Waals surface area (Å²) in [5, 5.41) is 3.10. The first kappa shape index (κ1) is 15.7. The average molecular weight is 329 g/mol. The summed E-state index contributed by atoms with van der Waals surface area (Å²) in [7, 11) is 1.64. The number of carbonyl (C=O) groups is 1. The first-order valence-corrected chi connectivity index (χ1v) is 8.53. The van der Waals surface area contributed by atoms with E-state index in [9.17, 15) is 4.79 Å². The van der Waals surface area contributed by atoms with Crippen molar-refractivity contribution in [2.45, 2.75) is 17.4 Å². The number of rotatable bonds is 5. The van der Waals surface area contributed by atoms with Crippen molar-refractivity contribution >= 4 is 17.7 Å². The molecule has 2 aromatic carbocycles. The van der Waals surface area contributed by atoms with Crippen LogP contribution >= 0.6 is 11.8 Å². The summed E-state index contributed by atoms with van der Waals surface area (Å²) in [6, 6.07) is 15.6. The molecule has 1 aliphatic rings. The molecule has 0 fully saturated rings. The molecule has 1 unspecified atom stereocenters. The summed E-state index contributed by atoms with van der Waals surface area (Å²) in [4.78, 5) is 13.3. The minimum absolute atomic E-state index is 0.0263. The van der Waals surface area contributed by atoms with Crippen molar-refractivity contribution in [1.29, 1.82) is 0 Å². The van der Waals surface area contributed by atoms with Crippen LogP contribution in [0.2, 0.25) is 0 Å². The number of para-hydroxylation sites is 1. The molecule has 0 aliphatic carbocycles. The molecule has 23 heavy (non-hydrogen) atoms. The van der Waals surface area contributed by atoms with Gasteiger partial charge in [-0.3, -0.25) is 4.79 Å². The van der Waals surface area contributed by atoms with Crippen molar-refractivity contribution in [3.8, 4) is 11.5 Å². The highest BCUT2D eigenvalue weighted by molar-refractivity contribution is 8.00. The van der Waals surface area contributed by atoms with Gasteiger partial charge >= 0.3 is 0 Å². The van der Waals surface area contributed by atoms with Gasteiger partial charge in [0.15, 0.2) is 0 Å². The maximum atomic E-state index is 12.2. The van der Waals surface area contributed by atoms with Crippen molar-refractivity contribution < 1.29 is 14.3 Å². The van der Waals surface area contributed by atoms with Gasteiger partial charge in [-0.25, -0.2) is 0 Å². The first-order chi connectivity index (χ1) is 11.3. The summed E-state index contributed by atoms with van der Waals surface area (Å²) in [5.41, 5.74) is 1.05. The molecule has 1 aliphatic heterocycles. The summed E-state index contributed by atoms with van der Waals surface area (Å²) >= 11 is 1.50. The predicted octanol–water partition coefficient (Wildman–Crippen LogP) is 3.43. The van der Waals surface area contributed by atoms with Crippen LogP contribution in [0.1, 0.15) is 18.0 Å². The van der Waals surface area contributed by atoms with E-state index < -0.39 is 0 Å². The van der Waals surface area contributed by atoms with E-state index in [-0.39, 0.29) is 11.9 Å². The summed E-state index contributed by atoms with van der Waals surface area (Å²) in [6.07, 6.45) is 0.798. The standard InChI is InChI=1S/C18H19NO3S/c1-21-13-5-4-6-14(11-13)23-12-18(20)19-16-9-10-22-17-8-3-2-7-15(16)17/h2-8,11,16H,9-10,12H2,1H3,(H,19,20). The first-order valence-electron chi connectivity index (χ1n) is 7.54. The van der Waals surface area contributed by atoms with E-state index in [1.807, 2.05) is 48.5 Å². The molecule has 3 rings (SSSR count). The number of hydrogen-bond donors (Lipinski definition) is 1. The van der Waals surface area contributed by atoms with Crippen molar-refractivity contribution in [3.63, 3.8) is 0 Å². The number of methoxy groups -OCH3 is 1. The number of fused-ring (bicyclic) bond motifs is 1. The van der Waals surface area contributed by atoms with Crippen LogP contribution in [0.4, 0.5) is 0 Å². The summed E-state index contributed by atoms with van der Waals surface area (Å²) < 4.78 is 10.8. The zero-order valence-corrected chi connectivity index (χ0v) is 13.8. The van der Waals surface area contributed by atoms with Crippen LogP contribution in [0.3, 0.4) is 0 Å². The fraction of sp³-hybridized carbons (Fsp3) is 0.278.